The molecule has 0 aromatic heterocycles. The lowest BCUT2D eigenvalue weighted by Crippen LogP contribution is -2.25. The summed E-state index contributed by atoms with van der Waals surface area (Å²) in [4.78, 5) is 11.9. The van der Waals surface area contributed by atoms with Gasteiger partial charge in [-0.2, -0.15) is 0 Å². The van der Waals surface area contributed by atoms with E-state index in [9.17, 15) is 4.79 Å². The quantitative estimate of drug-likeness (QED) is 0.721. The first-order chi connectivity index (χ1) is 7.77. The third kappa shape index (κ3) is 3.05. The van der Waals surface area contributed by atoms with Gasteiger partial charge in [-0.1, -0.05) is 6.92 Å². The molecule has 0 aromatic carbocycles. The fourth-order valence-corrected chi connectivity index (χ4v) is 2.63. The summed E-state index contributed by atoms with van der Waals surface area (Å²) in [6.07, 6.45) is 6.32. The maximum absolute atomic E-state index is 11.9. The molecule has 0 spiro atoms. The Morgan fingerprint density at radius 2 is 2.12 bits per heavy atom. The van der Waals surface area contributed by atoms with Gasteiger partial charge in [-0.3, -0.25) is 4.79 Å². The molecule has 3 atom stereocenters. The third-order valence-corrected chi connectivity index (χ3v) is 3.68. The van der Waals surface area contributed by atoms with Crippen LogP contribution in [0.1, 0.15) is 45.4 Å². The summed E-state index contributed by atoms with van der Waals surface area (Å²) >= 11 is 0. The molecule has 3 nitrogen and oxygen atoms in total. The van der Waals surface area contributed by atoms with Crippen LogP contribution >= 0.6 is 0 Å². The molecule has 0 aliphatic carbocycles. The number of ketones is 1. The molecule has 0 amide bonds. The third-order valence-electron chi connectivity index (χ3n) is 3.68. The average molecular weight is 226 g/mol. The van der Waals surface area contributed by atoms with Crippen LogP contribution in [-0.4, -0.2) is 31.2 Å². The van der Waals surface area contributed by atoms with E-state index in [4.69, 9.17) is 9.47 Å². The van der Waals surface area contributed by atoms with Crippen molar-refractivity contribution in [2.24, 2.45) is 5.92 Å². The van der Waals surface area contributed by atoms with Gasteiger partial charge >= 0.3 is 0 Å². The molecular weight excluding hydrogens is 204 g/mol. The largest absolute Gasteiger partial charge is 0.378 e. The maximum atomic E-state index is 11.9. The zero-order chi connectivity index (χ0) is 11.4. The van der Waals surface area contributed by atoms with E-state index in [1.165, 1.54) is 12.8 Å². The summed E-state index contributed by atoms with van der Waals surface area (Å²) in [6, 6.07) is 0. The zero-order valence-corrected chi connectivity index (χ0v) is 10.1. The molecule has 2 aliphatic rings. The summed E-state index contributed by atoms with van der Waals surface area (Å²) < 4.78 is 11.0. The van der Waals surface area contributed by atoms with E-state index in [-0.39, 0.29) is 6.10 Å². The lowest BCUT2D eigenvalue weighted by molar-refractivity contribution is -0.129. The van der Waals surface area contributed by atoms with E-state index >= 15 is 0 Å². The summed E-state index contributed by atoms with van der Waals surface area (Å²) in [5.41, 5.74) is 0. The Bertz CT molecular complexity index is 233. The van der Waals surface area contributed by atoms with Crippen molar-refractivity contribution in [2.45, 2.75) is 57.7 Å². The molecule has 92 valence electrons. The fourth-order valence-electron chi connectivity index (χ4n) is 2.63. The Morgan fingerprint density at radius 3 is 2.75 bits per heavy atom. The van der Waals surface area contributed by atoms with E-state index in [0.717, 1.165) is 32.5 Å². The van der Waals surface area contributed by atoms with Crippen molar-refractivity contribution in [1.29, 1.82) is 0 Å². The number of hydrogen-bond acceptors (Lipinski definition) is 3. The molecule has 2 heterocycles. The highest BCUT2D eigenvalue weighted by Gasteiger charge is 2.30. The van der Waals surface area contributed by atoms with Gasteiger partial charge in [0.25, 0.3) is 0 Å². The molecular formula is C13H22O3. The number of carbonyl (C=O) groups excluding carboxylic acids is 1. The van der Waals surface area contributed by atoms with Gasteiger partial charge in [0.2, 0.25) is 0 Å². The normalized spacial score (nSPS) is 34.4. The molecule has 2 saturated heterocycles. The van der Waals surface area contributed by atoms with E-state index in [1.807, 2.05) is 0 Å². The van der Waals surface area contributed by atoms with Gasteiger partial charge in [0, 0.05) is 19.6 Å². The molecule has 3 unspecified atom stereocenters. The van der Waals surface area contributed by atoms with Crippen LogP contribution in [0.5, 0.6) is 0 Å². The molecule has 2 fully saturated rings. The molecule has 2 rings (SSSR count). The van der Waals surface area contributed by atoms with Crippen molar-refractivity contribution in [1.82, 2.24) is 0 Å². The number of rotatable bonds is 5. The topological polar surface area (TPSA) is 35.5 Å². The van der Waals surface area contributed by atoms with Crippen molar-refractivity contribution >= 4 is 5.78 Å². The summed E-state index contributed by atoms with van der Waals surface area (Å²) in [6.45, 7) is 3.76. The highest BCUT2D eigenvalue weighted by molar-refractivity contribution is 5.83. The van der Waals surface area contributed by atoms with Crippen molar-refractivity contribution in [3.05, 3.63) is 0 Å². The molecule has 3 heteroatoms. The van der Waals surface area contributed by atoms with Gasteiger partial charge in [-0.15, -0.1) is 0 Å². The Morgan fingerprint density at radius 1 is 1.25 bits per heavy atom. The monoisotopic (exact) mass is 226 g/mol. The van der Waals surface area contributed by atoms with E-state index in [1.54, 1.807) is 0 Å². The van der Waals surface area contributed by atoms with E-state index in [2.05, 4.69) is 6.92 Å². The first kappa shape index (κ1) is 12.1. The summed E-state index contributed by atoms with van der Waals surface area (Å²) in [7, 11) is 0. The molecule has 16 heavy (non-hydrogen) atoms. The van der Waals surface area contributed by atoms with Gasteiger partial charge in [0.1, 0.15) is 6.10 Å². The van der Waals surface area contributed by atoms with Crippen LogP contribution in [0, 0.1) is 5.92 Å². The molecule has 0 aromatic rings. The van der Waals surface area contributed by atoms with Gasteiger partial charge in [-0.05, 0) is 38.0 Å². The predicted octanol–water partition coefficient (Wildman–Crippen LogP) is 2.33. The van der Waals surface area contributed by atoms with Gasteiger partial charge in [-0.25, -0.2) is 0 Å². The standard InChI is InChI=1S/C13H22O3/c1-10-7-9-16-13(10)12(14)6-2-4-11-5-3-8-15-11/h10-11,13H,2-9H2,1H3. The first-order valence-electron chi connectivity index (χ1n) is 6.53. The second-order valence-corrected chi connectivity index (χ2v) is 5.05. The van der Waals surface area contributed by atoms with Crippen molar-refractivity contribution in [3.8, 4) is 0 Å². The number of ether oxygens (including phenoxy) is 2. The minimum absolute atomic E-state index is 0.121. The van der Waals surface area contributed by atoms with Gasteiger partial charge in [0.05, 0.1) is 6.10 Å². The lowest BCUT2D eigenvalue weighted by atomic mass is 9.97. The number of hydrogen-bond donors (Lipinski definition) is 0. The SMILES string of the molecule is CC1CCOC1C(=O)CCCC1CCCO1. The average Bonchev–Trinajstić information content (AvgIpc) is 2.88. The molecule has 0 bridgehead atoms. The lowest BCUT2D eigenvalue weighted by Gasteiger charge is -2.14. The van der Waals surface area contributed by atoms with Crippen LogP contribution in [0.4, 0.5) is 0 Å². The van der Waals surface area contributed by atoms with Crippen molar-refractivity contribution in [3.63, 3.8) is 0 Å². The predicted molar refractivity (Wildman–Crippen MR) is 61.4 cm³/mol. The Labute approximate surface area is 97.5 Å². The van der Waals surface area contributed by atoms with Crippen molar-refractivity contribution < 1.29 is 14.3 Å². The summed E-state index contributed by atoms with van der Waals surface area (Å²) in [5, 5.41) is 0. The first-order valence-corrected chi connectivity index (χ1v) is 6.53. The molecule has 0 saturated carbocycles. The highest BCUT2D eigenvalue weighted by atomic mass is 16.5. The molecule has 2 aliphatic heterocycles. The smallest absolute Gasteiger partial charge is 0.161 e. The second kappa shape index (κ2) is 5.78. The van der Waals surface area contributed by atoms with Gasteiger partial charge in [0.15, 0.2) is 5.78 Å². The van der Waals surface area contributed by atoms with Crippen LogP contribution in [0.3, 0.4) is 0 Å². The Hall–Kier alpha value is -0.410. The maximum Gasteiger partial charge on any atom is 0.161 e. The second-order valence-electron chi connectivity index (χ2n) is 5.05. The van der Waals surface area contributed by atoms with Crippen LogP contribution in [0.15, 0.2) is 0 Å². The Balaban J connectivity index is 1.63. The molecule has 0 N–H and O–H groups in total. The summed E-state index contributed by atoms with van der Waals surface area (Å²) in [5.74, 6) is 0.707. The minimum Gasteiger partial charge on any atom is -0.378 e. The van der Waals surface area contributed by atoms with Crippen LogP contribution < -0.4 is 0 Å². The highest BCUT2D eigenvalue weighted by Crippen LogP contribution is 2.23. The van der Waals surface area contributed by atoms with Gasteiger partial charge < -0.3 is 9.47 Å². The van der Waals surface area contributed by atoms with Crippen molar-refractivity contribution in [2.75, 3.05) is 13.2 Å². The van der Waals surface area contributed by atoms with Crippen LogP contribution in [0.2, 0.25) is 0 Å². The number of Topliss-reactive ketones (excluding diaryl/α,β-unsaturated/α-hetero) is 1. The van der Waals surface area contributed by atoms with Crippen LogP contribution in [0.25, 0.3) is 0 Å². The molecule has 0 radical (unpaired) electrons. The number of carbonyl (C=O) groups is 1. The van der Waals surface area contributed by atoms with Crippen LogP contribution in [-0.2, 0) is 14.3 Å². The zero-order valence-electron chi connectivity index (χ0n) is 10.1. The Kier molecular flexibility index (Phi) is 4.36. The minimum atomic E-state index is -0.121. The van der Waals surface area contributed by atoms with E-state index in [0.29, 0.717) is 24.2 Å². The van der Waals surface area contributed by atoms with E-state index < -0.39 is 0 Å². The fraction of sp³-hybridized carbons (Fsp3) is 0.923.